The van der Waals surface area contributed by atoms with Gasteiger partial charge in [-0.15, -0.1) is 0 Å². The van der Waals surface area contributed by atoms with Crippen molar-refractivity contribution in [2.75, 3.05) is 19.5 Å². The molecule has 6 nitrogen and oxygen atoms in total. The summed E-state index contributed by atoms with van der Waals surface area (Å²) in [7, 11) is 3.19. The van der Waals surface area contributed by atoms with Gasteiger partial charge in [-0.05, 0) is 43.3 Å². The van der Waals surface area contributed by atoms with Crippen LogP contribution in [0.15, 0.2) is 42.5 Å². The van der Waals surface area contributed by atoms with E-state index in [2.05, 4.69) is 10.3 Å². The largest absolute Gasteiger partial charge is 0.496 e. The van der Waals surface area contributed by atoms with Crippen LogP contribution in [0.2, 0.25) is 0 Å². The normalized spacial score (nSPS) is 10.5. The number of hydrogen-bond donors (Lipinski definition) is 2. The first-order valence-electron chi connectivity index (χ1n) is 7.66. The molecule has 0 bridgehead atoms. The number of anilines is 2. The van der Waals surface area contributed by atoms with Gasteiger partial charge in [-0.3, -0.25) is 0 Å². The van der Waals surface area contributed by atoms with Crippen molar-refractivity contribution >= 4 is 28.2 Å². The van der Waals surface area contributed by atoms with Crippen molar-refractivity contribution in [1.29, 1.82) is 0 Å². The fraction of sp³-hybridized carbons (Fsp3) is 0.158. The van der Waals surface area contributed by atoms with Gasteiger partial charge in [-0.1, -0.05) is 6.07 Å². The van der Waals surface area contributed by atoms with Gasteiger partial charge in [0.2, 0.25) is 0 Å². The molecule has 3 aromatic rings. The van der Waals surface area contributed by atoms with Gasteiger partial charge < -0.3 is 19.9 Å². The molecule has 0 aliphatic carbocycles. The second-order valence-corrected chi connectivity index (χ2v) is 5.52. The molecule has 0 aliphatic heterocycles. The zero-order chi connectivity index (χ0) is 18.0. The van der Waals surface area contributed by atoms with Gasteiger partial charge in [-0.2, -0.15) is 0 Å². The maximum atomic E-state index is 11.2. The lowest BCUT2D eigenvalue weighted by molar-refractivity contribution is 0.0697. The van der Waals surface area contributed by atoms with E-state index in [1.54, 1.807) is 38.5 Å². The summed E-state index contributed by atoms with van der Waals surface area (Å²) in [5.74, 6) is 0.320. The van der Waals surface area contributed by atoms with Gasteiger partial charge in [0.1, 0.15) is 17.0 Å². The second-order valence-electron chi connectivity index (χ2n) is 5.52. The number of nitrogens with one attached hydrogen (secondary N) is 1. The molecule has 6 heteroatoms. The molecule has 1 aromatic heterocycles. The number of aromatic carboxylic acids is 1. The minimum atomic E-state index is -0.973. The molecule has 0 fully saturated rings. The molecular formula is C19H18N2O4. The summed E-state index contributed by atoms with van der Waals surface area (Å²) in [6.07, 6.45) is 0. The van der Waals surface area contributed by atoms with Crippen molar-refractivity contribution in [3.05, 3.63) is 53.7 Å². The monoisotopic (exact) mass is 338 g/mol. The van der Waals surface area contributed by atoms with Crippen molar-refractivity contribution in [2.24, 2.45) is 0 Å². The molecule has 0 saturated heterocycles. The zero-order valence-corrected chi connectivity index (χ0v) is 14.2. The Morgan fingerprint density at radius 2 is 1.80 bits per heavy atom. The predicted molar refractivity (Wildman–Crippen MR) is 96.3 cm³/mol. The lowest BCUT2D eigenvalue weighted by Gasteiger charge is -2.15. The number of pyridine rings is 1. The summed E-state index contributed by atoms with van der Waals surface area (Å²) in [5, 5.41) is 13.2. The van der Waals surface area contributed by atoms with Crippen LogP contribution in [-0.4, -0.2) is 30.3 Å². The van der Waals surface area contributed by atoms with E-state index in [9.17, 15) is 4.79 Å². The Morgan fingerprint density at radius 1 is 1.08 bits per heavy atom. The molecule has 2 N–H and O–H groups in total. The fourth-order valence-electron chi connectivity index (χ4n) is 2.73. The van der Waals surface area contributed by atoms with E-state index in [0.717, 1.165) is 16.8 Å². The molecule has 3 rings (SSSR count). The first-order valence-corrected chi connectivity index (χ1v) is 7.66. The van der Waals surface area contributed by atoms with Crippen molar-refractivity contribution in [3.63, 3.8) is 0 Å². The molecule has 0 amide bonds. The average Bonchev–Trinajstić information content (AvgIpc) is 2.60. The number of aryl methyl sites for hydroxylation is 1. The number of fused-ring (bicyclic) bond motifs is 1. The summed E-state index contributed by atoms with van der Waals surface area (Å²) in [6, 6.07) is 12.1. The van der Waals surface area contributed by atoms with Crippen LogP contribution in [0.25, 0.3) is 10.9 Å². The van der Waals surface area contributed by atoms with E-state index < -0.39 is 5.97 Å². The minimum absolute atomic E-state index is 0.213. The SMILES string of the molecule is COc1ccc(OC)c2c(Nc3cccc(C(=O)O)c3)cc(C)nc12. The third kappa shape index (κ3) is 3.19. The number of ether oxygens (including phenoxy) is 2. The van der Waals surface area contributed by atoms with E-state index in [4.69, 9.17) is 14.6 Å². The van der Waals surface area contributed by atoms with E-state index in [1.807, 2.05) is 25.1 Å². The van der Waals surface area contributed by atoms with Crippen LogP contribution in [0, 0.1) is 6.92 Å². The maximum Gasteiger partial charge on any atom is 0.335 e. The Labute approximate surface area is 145 Å². The Morgan fingerprint density at radius 3 is 2.48 bits per heavy atom. The molecule has 0 aliphatic rings. The van der Waals surface area contributed by atoms with Crippen LogP contribution in [0.5, 0.6) is 11.5 Å². The molecule has 0 saturated carbocycles. The molecule has 0 radical (unpaired) electrons. The highest BCUT2D eigenvalue weighted by Gasteiger charge is 2.14. The summed E-state index contributed by atoms with van der Waals surface area (Å²) in [4.78, 5) is 15.7. The zero-order valence-electron chi connectivity index (χ0n) is 14.2. The molecule has 128 valence electrons. The highest BCUT2D eigenvalue weighted by atomic mass is 16.5. The van der Waals surface area contributed by atoms with Gasteiger partial charge in [0, 0.05) is 11.4 Å². The van der Waals surface area contributed by atoms with Crippen molar-refractivity contribution in [2.45, 2.75) is 6.92 Å². The van der Waals surface area contributed by atoms with Gasteiger partial charge in [0.25, 0.3) is 0 Å². The number of nitrogens with zero attached hydrogens (tertiary/aromatic N) is 1. The Bertz CT molecular complexity index is 954. The first kappa shape index (κ1) is 16.6. The number of methoxy groups -OCH3 is 2. The molecule has 0 unspecified atom stereocenters. The number of aromatic nitrogens is 1. The summed E-state index contributed by atoms with van der Waals surface area (Å²) in [6.45, 7) is 1.89. The smallest absolute Gasteiger partial charge is 0.335 e. The van der Waals surface area contributed by atoms with E-state index >= 15 is 0 Å². The summed E-state index contributed by atoms with van der Waals surface area (Å²) >= 11 is 0. The van der Waals surface area contributed by atoms with Crippen LogP contribution in [0.1, 0.15) is 16.1 Å². The van der Waals surface area contributed by atoms with Gasteiger partial charge in [0.05, 0.1) is 30.9 Å². The van der Waals surface area contributed by atoms with Crippen molar-refractivity contribution < 1.29 is 19.4 Å². The van der Waals surface area contributed by atoms with Crippen molar-refractivity contribution in [3.8, 4) is 11.5 Å². The number of rotatable bonds is 5. The van der Waals surface area contributed by atoms with Gasteiger partial charge >= 0.3 is 5.97 Å². The van der Waals surface area contributed by atoms with Gasteiger partial charge in [0.15, 0.2) is 0 Å². The van der Waals surface area contributed by atoms with Crippen LogP contribution in [0.4, 0.5) is 11.4 Å². The quantitative estimate of drug-likeness (QED) is 0.732. The summed E-state index contributed by atoms with van der Waals surface area (Å²) < 4.78 is 10.9. The van der Waals surface area contributed by atoms with E-state index in [1.165, 1.54) is 0 Å². The minimum Gasteiger partial charge on any atom is -0.496 e. The average molecular weight is 338 g/mol. The highest BCUT2D eigenvalue weighted by Crippen LogP contribution is 2.38. The lowest BCUT2D eigenvalue weighted by Crippen LogP contribution is -2.00. The Balaban J connectivity index is 2.18. The standard InChI is InChI=1S/C19H18N2O4/c1-11-9-14(21-13-6-4-5-12(10-13)19(22)23)17-15(24-2)7-8-16(25-3)18(17)20-11/h4-10H,1-3H3,(H,20,21)(H,22,23). The number of carboxylic acid groups (broad SMARTS) is 1. The van der Waals surface area contributed by atoms with Crippen molar-refractivity contribution in [1.82, 2.24) is 4.98 Å². The molecule has 2 aromatic carbocycles. The fourth-order valence-corrected chi connectivity index (χ4v) is 2.73. The third-order valence-corrected chi connectivity index (χ3v) is 3.84. The van der Waals surface area contributed by atoms with Crippen LogP contribution >= 0.6 is 0 Å². The lowest BCUT2D eigenvalue weighted by atomic mass is 10.1. The van der Waals surface area contributed by atoms with Crippen LogP contribution in [-0.2, 0) is 0 Å². The van der Waals surface area contributed by atoms with Crippen LogP contribution in [0.3, 0.4) is 0 Å². The number of benzene rings is 2. The molecular weight excluding hydrogens is 320 g/mol. The predicted octanol–water partition coefficient (Wildman–Crippen LogP) is 4.00. The number of carbonyl (C=O) groups is 1. The van der Waals surface area contributed by atoms with Crippen LogP contribution < -0.4 is 14.8 Å². The van der Waals surface area contributed by atoms with Gasteiger partial charge in [-0.25, -0.2) is 9.78 Å². The number of carboxylic acids is 1. The number of hydrogen-bond acceptors (Lipinski definition) is 5. The Kier molecular flexibility index (Phi) is 4.43. The topological polar surface area (TPSA) is 80.7 Å². The molecule has 25 heavy (non-hydrogen) atoms. The molecule has 0 atom stereocenters. The highest BCUT2D eigenvalue weighted by molar-refractivity contribution is 6.01. The molecule has 1 heterocycles. The molecule has 0 spiro atoms. The van der Waals surface area contributed by atoms with E-state index in [-0.39, 0.29) is 5.56 Å². The second kappa shape index (κ2) is 6.68. The Hall–Kier alpha value is -3.28. The third-order valence-electron chi connectivity index (χ3n) is 3.84. The summed E-state index contributed by atoms with van der Waals surface area (Å²) in [5.41, 5.74) is 3.12. The van der Waals surface area contributed by atoms with E-state index in [0.29, 0.717) is 22.7 Å². The first-order chi connectivity index (χ1) is 12.0. The maximum absolute atomic E-state index is 11.2.